The van der Waals surface area contributed by atoms with Crippen LogP contribution < -0.4 is 14.8 Å². The molecule has 0 unspecified atom stereocenters. The summed E-state index contributed by atoms with van der Waals surface area (Å²) in [7, 11) is 3.25. The van der Waals surface area contributed by atoms with Gasteiger partial charge in [-0.1, -0.05) is 48.0 Å². The minimum atomic E-state index is -0.0593. The molecule has 1 N–H and O–H groups in total. The lowest BCUT2D eigenvalue weighted by molar-refractivity contribution is -0.121. The quantitative estimate of drug-likeness (QED) is 0.349. The number of ether oxygens (including phenoxy) is 2. The summed E-state index contributed by atoms with van der Waals surface area (Å²) in [6.07, 6.45) is 2.78. The molecule has 0 aliphatic rings. The summed E-state index contributed by atoms with van der Waals surface area (Å²) in [4.78, 5) is 12.6. The highest BCUT2D eigenvalue weighted by Gasteiger charge is 2.18. The van der Waals surface area contributed by atoms with Gasteiger partial charge in [-0.15, -0.1) is 0 Å². The molecule has 3 aromatic carbocycles. The van der Waals surface area contributed by atoms with Gasteiger partial charge >= 0.3 is 0 Å². The number of nitrogens with one attached hydrogen (secondary N) is 1. The largest absolute Gasteiger partial charge is 0.497 e. The molecular weight excluding hydrogens is 450 g/mol. The van der Waals surface area contributed by atoms with E-state index in [9.17, 15) is 4.79 Å². The van der Waals surface area contributed by atoms with Crippen LogP contribution in [0.3, 0.4) is 0 Å². The van der Waals surface area contributed by atoms with E-state index in [0.29, 0.717) is 35.9 Å². The zero-order valence-electron chi connectivity index (χ0n) is 19.1. The van der Waals surface area contributed by atoms with E-state index in [1.807, 2.05) is 83.7 Å². The number of carbonyl (C=O) groups excluding carboxylic acids is 1. The first kappa shape index (κ1) is 23.4. The number of benzene rings is 3. The van der Waals surface area contributed by atoms with E-state index in [1.165, 1.54) is 0 Å². The van der Waals surface area contributed by atoms with Crippen molar-refractivity contribution in [2.24, 2.45) is 0 Å². The van der Waals surface area contributed by atoms with Gasteiger partial charge in [0.1, 0.15) is 11.5 Å². The molecule has 0 fully saturated rings. The van der Waals surface area contributed by atoms with Crippen molar-refractivity contribution in [2.45, 2.75) is 19.4 Å². The molecule has 4 rings (SSSR count). The number of aryl methyl sites for hydroxylation is 1. The SMILES string of the molecule is COc1ccc(OC)c(-c2nn(-c3ccccc3)cc2CCC(=O)NCc2ccccc2Cl)c1. The van der Waals surface area contributed by atoms with Crippen molar-refractivity contribution in [3.8, 4) is 28.4 Å². The summed E-state index contributed by atoms with van der Waals surface area (Å²) in [5, 5.41) is 8.44. The Hall–Kier alpha value is -3.77. The highest BCUT2D eigenvalue weighted by molar-refractivity contribution is 6.31. The standard InChI is InChI=1S/C27H26ClN3O3/c1-33-22-13-14-25(34-2)23(16-22)27-20(18-31(30-27)21-9-4-3-5-10-21)12-15-26(32)29-17-19-8-6-7-11-24(19)28/h3-11,13-14,16,18H,12,15,17H2,1-2H3,(H,29,32). The first-order valence-electron chi connectivity index (χ1n) is 11.0. The molecule has 6 nitrogen and oxygen atoms in total. The van der Waals surface area contributed by atoms with E-state index in [-0.39, 0.29) is 5.91 Å². The Bertz CT molecular complexity index is 1270. The van der Waals surface area contributed by atoms with Crippen LogP contribution in [0, 0.1) is 0 Å². The number of nitrogens with zero attached hydrogens (tertiary/aromatic N) is 2. The van der Waals surface area contributed by atoms with E-state index < -0.39 is 0 Å². The van der Waals surface area contributed by atoms with E-state index in [1.54, 1.807) is 14.2 Å². The predicted octanol–water partition coefficient (Wildman–Crippen LogP) is 5.46. The lowest BCUT2D eigenvalue weighted by Gasteiger charge is -2.11. The van der Waals surface area contributed by atoms with Gasteiger partial charge < -0.3 is 14.8 Å². The first-order valence-corrected chi connectivity index (χ1v) is 11.3. The Balaban J connectivity index is 1.59. The third-order valence-electron chi connectivity index (χ3n) is 5.53. The van der Waals surface area contributed by atoms with Gasteiger partial charge in [0.2, 0.25) is 5.91 Å². The number of halogens is 1. The predicted molar refractivity (Wildman–Crippen MR) is 134 cm³/mol. The zero-order valence-corrected chi connectivity index (χ0v) is 19.9. The summed E-state index contributed by atoms with van der Waals surface area (Å²) >= 11 is 6.20. The number of aromatic nitrogens is 2. The zero-order chi connectivity index (χ0) is 23.9. The maximum atomic E-state index is 12.6. The maximum absolute atomic E-state index is 12.6. The van der Waals surface area contributed by atoms with Gasteiger partial charge in [-0.2, -0.15) is 5.10 Å². The van der Waals surface area contributed by atoms with Crippen LogP contribution in [0.4, 0.5) is 0 Å². The van der Waals surface area contributed by atoms with E-state index in [4.69, 9.17) is 26.2 Å². The van der Waals surface area contributed by atoms with E-state index in [2.05, 4.69) is 5.32 Å². The summed E-state index contributed by atoms with van der Waals surface area (Å²) < 4.78 is 12.8. The van der Waals surface area contributed by atoms with Gasteiger partial charge in [-0.3, -0.25) is 4.79 Å². The average Bonchev–Trinajstić information content (AvgIpc) is 3.31. The second kappa shape index (κ2) is 10.9. The molecule has 34 heavy (non-hydrogen) atoms. The second-order valence-corrected chi connectivity index (χ2v) is 8.12. The molecule has 0 spiro atoms. The van der Waals surface area contributed by atoms with Crippen molar-refractivity contribution >= 4 is 17.5 Å². The van der Waals surface area contributed by atoms with Crippen LogP contribution >= 0.6 is 11.6 Å². The molecule has 4 aromatic rings. The van der Waals surface area contributed by atoms with Crippen molar-refractivity contribution in [1.82, 2.24) is 15.1 Å². The highest BCUT2D eigenvalue weighted by Crippen LogP contribution is 2.35. The van der Waals surface area contributed by atoms with Crippen molar-refractivity contribution < 1.29 is 14.3 Å². The average molecular weight is 476 g/mol. The van der Waals surface area contributed by atoms with Crippen molar-refractivity contribution in [3.63, 3.8) is 0 Å². The molecule has 0 aliphatic heterocycles. The lowest BCUT2D eigenvalue weighted by atomic mass is 10.0. The molecule has 1 aromatic heterocycles. The highest BCUT2D eigenvalue weighted by atomic mass is 35.5. The molecule has 0 saturated heterocycles. The summed E-state index contributed by atoms with van der Waals surface area (Å²) in [5.41, 5.74) is 4.31. The minimum Gasteiger partial charge on any atom is -0.497 e. The Kier molecular flexibility index (Phi) is 7.50. The Morgan fingerprint density at radius 2 is 1.74 bits per heavy atom. The molecule has 0 bridgehead atoms. The Morgan fingerprint density at radius 3 is 2.47 bits per heavy atom. The number of para-hydroxylation sites is 1. The van der Waals surface area contributed by atoms with Gasteiger partial charge in [-0.05, 0) is 53.9 Å². The fourth-order valence-corrected chi connectivity index (χ4v) is 3.91. The molecule has 0 radical (unpaired) electrons. The summed E-state index contributed by atoms with van der Waals surface area (Å²) in [6, 6.07) is 22.9. The number of hydrogen-bond acceptors (Lipinski definition) is 4. The van der Waals surface area contributed by atoms with Crippen LogP contribution in [0.2, 0.25) is 5.02 Å². The molecule has 0 aliphatic carbocycles. The molecular formula is C27H26ClN3O3. The van der Waals surface area contributed by atoms with Crippen LogP contribution in [0.25, 0.3) is 16.9 Å². The van der Waals surface area contributed by atoms with Gasteiger partial charge in [0, 0.05) is 29.7 Å². The second-order valence-electron chi connectivity index (χ2n) is 7.72. The van der Waals surface area contributed by atoms with Crippen LogP contribution in [-0.4, -0.2) is 29.9 Å². The maximum Gasteiger partial charge on any atom is 0.220 e. The molecule has 1 heterocycles. The number of amides is 1. The monoisotopic (exact) mass is 475 g/mol. The topological polar surface area (TPSA) is 65.4 Å². The molecule has 0 saturated carbocycles. The van der Waals surface area contributed by atoms with Gasteiger partial charge in [0.05, 0.1) is 25.6 Å². The number of hydrogen-bond donors (Lipinski definition) is 1. The van der Waals surface area contributed by atoms with Crippen LogP contribution in [0.1, 0.15) is 17.5 Å². The fourth-order valence-electron chi connectivity index (χ4n) is 3.70. The Labute approximate surface area is 204 Å². The lowest BCUT2D eigenvalue weighted by Crippen LogP contribution is -2.23. The fraction of sp³-hybridized carbons (Fsp3) is 0.185. The van der Waals surface area contributed by atoms with Crippen molar-refractivity contribution in [1.29, 1.82) is 0 Å². The van der Waals surface area contributed by atoms with Crippen LogP contribution in [0.5, 0.6) is 11.5 Å². The minimum absolute atomic E-state index is 0.0593. The van der Waals surface area contributed by atoms with Crippen molar-refractivity contribution in [3.05, 3.63) is 95.1 Å². The summed E-state index contributed by atoms with van der Waals surface area (Å²) in [6.45, 7) is 0.387. The first-order chi connectivity index (χ1) is 16.6. The van der Waals surface area contributed by atoms with Crippen molar-refractivity contribution in [2.75, 3.05) is 14.2 Å². The molecule has 0 atom stereocenters. The van der Waals surface area contributed by atoms with Crippen LogP contribution in [0.15, 0.2) is 79.0 Å². The van der Waals surface area contributed by atoms with E-state index in [0.717, 1.165) is 28.1 Å². The Morgan fingerprint density at radius 1 is 0.971 bits per heavy atom. The third kappa shape index (κ3) is 5.41. The number of methoxy groups -OCH3 is 2. The smallest absolute Gasteiger partial charge is 0.220 e. The molecule has 7 heteroatoms. The normalized spacial score (nSPS) is 10.7. The summed E-state index contributed by atoms with van der Waals surface area (Å²) in [5.74, 6) is 1.33. The number of carbonyl (C=O) groups is 1. The van der Waals surface area contributed by atoms with Gasteiger partial charge in [0.25, 0.3) is 0 Å². The van der Waals surface area contributed by atoms with Gasteiger partial charge in [0.15, 0.2) is 0 Å². The third-order valence-corrected chi connectivity index (χ3v) is 5.90. The molecule has 174 valence electrons. The van der Waals surface area contributed by atoms with Gasteiger partial charge in [-0.25, -0.2) is 4.68 Å². The van der Waals surface area contributed by atoms with E-state index >= 15 is 0 Å². The van der Waals surface area contributed by atoms with Crippen LogP contribution in [-0.2, 0) is 17.8 Å². The molecule has 1 amide bonds. The number of rotatable bonds is 9.